The zero-order chi connectivity index (χ0) is 14.7. The Labute approximate surface area is 123 Å². The molecule has 7 heteroatoms. The highest BCUT2D eigenvalue weighted by Gasteiger charge is 2.18. The van der Waals surface area contributed by atoms with E-state index >= 15 is 0 Å². The van der Waals surface area contributed by atoms with Gasteiger partial charge in [-0.05, 0) is 40.0 Å². The summed E-state index contributed by atoms with van der Waals surface area (Å²) in [5, 5.41) is 16.7. The molecule has 0 fully saturated rings. The molecule has 1 aromatic heterocycles. The van der Waals surface area contributed by atoms with Crippen molar-refractivity contribution in [1.29, 1.82) is 0 Å². The van der Waals surface area contributed by atoms with E-state index in [2.05, 4.69) is 26.2 Å². The monoisotopic (exact) mass is 341 g/mol. The molecule has 0 atom stereocenters. The Bertz CT molecular complexity index is 643. The van der Waals surface area contributed by atoms with Gasteiger partial charge in [0.2, 0.25) is 0 Å². The molecule has 0 spiro atoms. The molecule has 0 amide bonds. The van der Waals surface area contributed by atoms with Crippen molar-refractivity contribution in [2.75, 3.05) is 0 Å². The summed E-state index contributed by atoms with van der Waals surface area (Å²) in [4.78, 5) is 11.1. The van der Waals surface area contributed by atoms with Crippen LogP contribution in [0, 0.1) is 5.82 Å². The molecule has 0 bridgehead atoms. The van der Waals surface area contributed by atoms with Crippen molar-refractivity contribution in [3.8, 4) is 0 Å². The Morgan fingerprint density at radius 1 is 1.50 bits per heavy atom. The van der Waals surface area contributed by atoms with E-state index in [0.29, 0.717) is 23.1 Å². The molecule has 0 unspecified atom stereocenters. The van der Waals surface area contributed by atoms with Crippen LogP contribution in [0.25, 0.3) is 0 Å². The quantitative estimate of drug-likeness (QED) is 0.907. The second kappa shape index (κ2) is 6.13. The lowest BCUT2D eigenvalue weighted by Gasteiger charge is -2.07. The zero-order valence-electron chi connectivity index (χ0n) is 10.8. The van der Waals surface area contributed by atoms with E-state index in [-0.39, 0.29) is 11.5 Å². The minimum Gasteiger partial charge on any atom is -0.476 e. The van der Waals surface area contributed by atoms with Crippen molar-refractivity contribution in [3.05, 3.63) is 45.4 Å². The standard InChI is InChI=1S/C13H13BrFN3O2/c1-2-3-11-12(13(19)20)16-17-18(11)7-8-4-5-10(15)9(14)6-8/h4-6H,2-3,7H2,1H3,(H,19,20). The van der Waals surface area contributed by atoms with Gasteiger partial charge in [-0.25, -0.2) is 13.9 Å². The smallest absolute Gasteiger partial charge is 0.358 e. The Balaban J connectivity index is 2.32. The number of rotatable bonds is 5. The molecular weight excluding hydrogens is 329 g/mol. The summed E-state index contributed by atoms with van der Waals surface area (Å²) in [5.41, 5.74) is 1.38. The van der Waals surface area contributed by atoms with Gasteiger partial charge in [0.25, 0.3) is 0 Å². The van der Waals surface area contributed by atoms with E-state index in [4.69, 9.17) is 5.11 Å². The normalized spacial score (nSPS) is 10.8. The van der Waals surface area contributed by atoms with Gasteiger partial charge in [-0.15, -0.1) is 5.10 Å². The van der Waals surface area contributed by atoms with E-state index in [1.54, 1.807) is 16.8 Å². The number of aromatic nitrogens is 3. The molecule has 5 nitrogen and oxygen atoms in total. The van der Waals surface area contributed by atoms with Crippen molar-refractivity contribution < 1.29 is 14.3 Å². The highest BCUT2D eigenvalue weighted by molar-refractivity contribution is 9.10. The first-order chi connectivity index (χ1) is 9.52. The number of carboxylic acids is 1. The Morgan fingerprint density at radius 3 is 2.85 bits per heavy atom. The lowest BCUT2D eigenvalue weighted by molar-refractivity contribution is 0.0689. The summed E-state index contributed by atoms with van der Waals surface area (Å²) in [6.45, 7) is 2.31. The minimum absolute atomic E-state index is 0.0203. The van der Waals surface area contributed by atoms with E-state index in [1.165, 1.54) is 6.07 Å². The first kappa shape index (κ1) is 14.6. The minimum atomic E-state index is -1.08. The number of hydrogen-bond acceptors (Lipinski definition) is 3. The third-order valence-corrected chi connectivity index (χ3v) is 3.45. The Kier molecular flexibility index (Phi) is 4.49. The summed E-state index contributed by atoms with van der Waals surface area (Å²) in [5.74, 6) is -1.42. The molecule has 20 heavy (non-hydrogen) atoms. The van der Waals surface area contributed by atoms with E-state index in [1.807, 2.05) is 6.92 Å². The van der Waals surface area contributed by atoms with Crippen LogP contribution in [0.1, 0.15) is 35.1 Å². The topological polar surface area (TPSA) is 68.0 Å². The number of carbonyl (C=O) groups is 1. The van der Waals surface area contributed by atoms with E-state index < -0.39 is 5.97 Å². The fourth-order valence-corrected chi connectivity index (χ4v) is 2.35. The van der Waals surface area contributed by atoms with Crippen LogP contribution in [0.2, 0.25) is 0 Å². The lowest BCUT2D eigenvalue weighted by atomic mass is 10.2. The molecule has 2 rings (SSSR count). The molecule has 0 aliphatic heterocycles. The number of hydrogen-bond donors (Lipinski definition) is 1. The van der Waals surface area contributed by atoms with Crippen LogP contribution in [0.15, 0.2) is 22.7 Å². The van der Waals surface area contributed by atoms with Crippen LogP contribution in [-0.2, 0) is 13.0 Å². The van der Waals surface area contributed by atoms with Crippen molar-refractivity contribution in [2.24, 2.45) is 0 Å². The fourth-order valence-electron chi connectivity index (χ4n) is 1.92. The number of benzene rings is 1. The molecule has 0 radical (unpaired) electrons. The van der Waals surface area contributed by atoms with Crippen molar-refractivity contribution >= 4 is 21.9 Å². The highest BCUT2D eigenvalue weighted by Crippen LogP contribution is 2.18. The van der Waals surface area contributed by atoms with E-state index in [9.17, 15) is 9.18 Å². The van der Waals surface area contributed by atoms with Gasteiger partial charge in [-0.2, -0.15) is 0 Å². The number of aromatic carboxylic acids is 1. The van der Waals surface area contributed by atoms with Crippen LogP contribution in [-0.4, -0.2) is 26.1 Å². The molecule has 2 aromatic rings. The third-order valence-electron chi connectivity index (χ3n) is 2.84. The van der Waals surface area contributed by atoms with E-state index in [0.717, 1.165) is 12.0 Å². The second-order valence-corrected chi connectivity index (χ2v) is 5.20. The van der Waals surface area contributed by atoms with Crippen LogP contribution < -0.4 is 0 Å². The molecule has 1 N–H and O–H groups in total. The van der Waals surface area contributed by atoms with Gasteiger partial charge in [0.05, 0.1) is 16.7 Å². The van der Waals surface area contributed by atoms with Crippen LogP contribution in [0.5, 0.6) is 0 Å². The zero-order valence-corrected chi connectivity index (χ0v) is 12.4. The maximum atomic E-state index is 13.2. The van der Waals surface area contributed by atoms with Gasteiger partial charge < -0.3 is 5.11 Å². The van der Waals surface area contributed by atoms with Gasteiger partial charge in [0.15, 0.2) is 5.69 Å². The Hall–Kier alpha value is -1.76. The molecule has 0 saturated carbocycles. The lowest BCUT2D eigenvalue weighted by Crippen LogP contribution is -2.09. The van der Waals surface area contributed by atoms with Crippen LogP contribution in [0.3, 0.4) is 0 Å². The average molecular weight is 342 g/mol. The summed E-state index contributed by atoms with van der Waals surface area (Å²) in [6.07, 6.45) is 1.37. The third kappa shape index (κ3) is 3.04. The molecule has 0 aliphatic carbocycles. The highest BCUT2D eigenvalue weighted by atomic mass is 79.9. The molecule has 1 heterocycles. The largest absolute Gasteiger partial charge is 0.476 e. The second-order valence-electron chi connectivity index (χ2n) is 4.35. The van der Waals surface area contributed by atoms with Crippen molar-refractivity contribution in [1.82, 2.24) is 15.0 Å². The average Bonchev–Trinajstić information content (AvgIpc) is 2.78. The summed E-state index contributed by atoms with van der Waals surface area (Å²) < 4.78 is 15.1. The van der Waals surface area contributed by atoms with Gasteiger partial charge in [-0.3, -0.25) is 0 Å². The fraction of sp³-hybridized carbons (Fsp3) is 0.308. The predicted molar refractivity (Wildman–Crippen MR) is 74.2 cm³/mol. The maximum absolute atomic E-state index is 13.2. The number of carboxylic acid groups (broad SMARTS) is 1. The summed E-state index contributed by atoms with van der Waals surface area (Å²) in [6, 6.07) is 4.64. The molecule has 106 valence electrons. The van der Waals surface area contributed by atoms with Gasteiger partial charge in [0, 0.05) is 0 Å². The maximum Gasteiger partial charge on any atom is 0.358 e. The summed E-state index contributed by atoms with van der Waals surface area (Å²) in [7, 11) is 0. The Morgan fingerprint density at radius 2 is 2.25 bits per heavy atom. The predicted octanol–water partition coefficient (Wildman–Crippen LogP) is 2.88. The van der Waals surface area contributed by atoms with Gasteiger partial charge >= 0.3 is 5.97 Å². The van der Waals surface area contributed by atoms with Crippen LogP contribution >= 0.6 is 15.9 Å². The van der Waals surface area contributed by atoms with Crippen LogP contribution in [0.4, 0.5) is 4.39 Å². The molecule has 0 aliphatic rings. The van der Waals surface area contributed by atoms with Crippen molar-refractivity contribution in [3.63, 3.8) is 0 Å². The number of halogens is 2. The molecular formula is C13H13BrFN3O2. The van der Waals surface area contributed by atoms with Gasteiger partial charge in [-0.1, -0.05) is 24.6 Å². The summed E-state index contributed by atoms with van der Waals surface area (Å²) >= 11 is 3.12. The molecule has 0 saturated heterocycles. The first-order valence-corrected chi connectivity index (χ1v) is 6.91. The molecule has 1 aromatic carbocycles. The number of nitrogens with zero attached hydrogens (tertiary/aromatic N) is 3. The first-order valence-electron chi connectivity index (χ1n) is 6.12. The van der Waals surface area contributed by atoms with Crippen molar-refractivity contribution in [2.45, 2.75) is 26.3 Å². The van der Waals surface area contributed by atoms with Gasteiger partial charge in [0.1, 0.15) is 5.82 Å². The SMILES string of the molecule is CCCc1c(C(=O)O)nnn1Cc1ccc(F)c(Br)c1.